The van der Waals surface area contributed by atoms with Gasteiger partial charge in [0.15, 0.2) is 5.65 Å². The van der Waals surface area contributed by atoms with E-state index < -0.39 is 0 Å². The number of anilines is 1. The number of benzene rings is 2. The minimum Gasteiger partial charge on any atom is -0.366 e. The number of fused-ring (bicyclic) bond motifs is 1. The van der Waals surface area contributed by atoms with Gasteiger partial charge in [-0.3, -0.25) is 4.79 Å². The molecule has 1 aliphatic heterocycles. The van der Waals surface area contributed by atoms with E-state index in [4.69, 9.17) is 0 Å². The van der Waals surface area contributed by atoms with Gasteiger partial charge in [-0.1, -0.05) is 48.5 Å². The van der Waals surface area contributed by atoms with Gasteiger partial charge in [-0.15, -0.1) is 0 Å². The molecule has 0 atom stereocenters. The molecule has 3 heterocycles. The van der Waals surface area contributed by atoms with E-state index in [2.05, 4.69) is 31.3 Å². The summed E-state index contributed by atoms with van der Waals surface area (Å²) in [5, 5.41) is 7.76. The topological polar surface area (TPSA) is 62.5 Å². The Morgan fingerprint density at radius 2 is 1.82 bits per heavy atom. The van der Waals surface area contributed by atoms with Gasteiger partial charge in [-0.05, 0) is 51.9 Å². The molecule has 1 N–H and O–H groups in total. The number of nitrogens with one attached hydrogen (secondary N) is 1. The predicted octanol–water partition coefficient (Wildman–Crippen LogP) is 5.26. The van der Waals surface area contributed by atoms with Gasteiger partial charge in [0.1, 0.15) is 17.3 Å². The number of amides is 1. The summed E-state index contributed by atoms with van der Waals surface area (Å²) in [6, 6.07) is 18.7. The predicted molar refractivity (Wildman–Crippen MR) is 129 cm³/mol. The van der Waals surface area contributed by atoms with E-state index in [0.717, 1.165) is 28.4 Å². The van der Waals surface area contributed by atoms with Gasteiger partial charge >= 0.3 is 0 Å². The van der Waals surface area contributed by atoms with Crippen LogP contribution in [0.15, 0.2) is 71.3 Å². The third-order valence-corrected chi connectivity index (χ3v) is 6.65. The Bertz CT molecular complexity index is 1280. The molecule has 2 aromatic heterocycles. The monoisotopic (exact) mass is 507 g/mol. The van der Waals surface area contributed by atoms with E-state index in [1.807, 2.05) is 42.5 Å². The largest absolute Gasteiger partial charge is 0.366 e. The maximum absolute atomic E-state index is 14.2. The average molecular weight is 508 g/mol. The van der Waals surface area contributed by atoms with Crippen LogP contribution >= 0.6 is 15.9 Å². The average Bonchev–Trinajstić information content (AvgIpc) is 3.24. The number of rotatable bonds is 5. The second-order valence-electron chi connectivity index (χ2n) is 8.18. The summed E-state index contributed by atoms with van der Waals surface area (Å²) in [5.41, 5.74) is 2.80. The smallest absolute Gasteiger partial charge is 0.272 e. The lowest BCUT2D eigenvalue weighted by molar-refractivity contribution is 0.0706. The number of hydrogen-bond acceptors (Lipinski definition) is 4. The lowest BCUT2D eigenvalue weighted by atomic mass is 9.89. The van der Waals surface area contributed by atoms with Crippen molar-refractivity contribution in [1.82, 2.24) is 19.5 Å². The molecular formula is C25H23BrFN5O. The Hall–Kier alpha value is -3.26. The molecule has 1 saturated heterocycles. The standard InChI is InChI=1S/C25H23BrFN5O/c26-20-16-29-32-23(28-15-17-6-2-1-3-7-17)14-22(30-24(20)32)25(33)31-12-10-18(11-13-31)19-8-4-5-9-21(19)27/h1-9,14,16,18,28H,10-13,15H2. The first-order chi connectivity index (χ1) is 16.1. The number of piperidine rings is 1. The first kappa shape index (κ1) is 21.6. The molecule has 0 radical (unpaired) electrons. The third-order valence-electron chi connectivity index (χ3n) is 6.09. The van der Waals surface area contributed by atoms with Crippen molar-refractivity contribution in [3.05, 3.63) is 94.0 Å². The summed E-state index contributed by atoms with van der Waals surface area (Å²) in [4.78, 5) is 19.7. The molecule has 0 bridgehead atoms. The summed E-state index contributed by atoms with van der Waals surface area (Å²) in [6.45, 7) is 1.73. The SMILES string of the molecule is O=C(c1cc(NCc2ccccc2)n2ncc(Br)c2n1)N1CCC(c2ccccc2F)CC1. The van der Waals surface area contributed by atoms with E-state index in [0.29, 0.717) is 36.8 Å². The van der Waals surface area contributed by atoms with Crippen LogP contribution in [-0.2, 0) is 6.54 Å². The molecule has 6 nitrogen and oxygen atoms in total. The van der Waals surface area contributed by atoms with Gasteiger partial charge in [0, 0.05) is 25.7 Å². The van der Waals surface area contributed by atoms with Gasteiger partial charge in [-0.2, -0.15) is 9.61 Å². The van der Waals surface area contributed by atoms with E-state index in [-0.39, 0.29) is 17.6 Å². The van der Waals surface area contributed by atoms with Crippen molar-refractivity contribution in [3.63, 3.8) is 0 Å². The molecule has 4 aromatic rings. The molecule has 5 rings (SSSR count). The highest BCUT2D eigenvalue weighted by Crippen LogP contribution is 2.30. The quantitative estimate of drug-likeness (QED) is 0.400. The number of carbonyl (C=O) groups excluding carboxylic acids is 1. The fourth-order valence-corrected chi connectivity index (χ4v) is 4.67. The third kappa shape index (κ3) is 4.48. The number of aromatic nitrogens is 3. The molecule has 168 valence electrons. The zero-order chi connectivity index (χ0) is 22.8. The number of hydrogen-bond donors (Lipinski definition) is 1. The second-order valence-corrected chi connectivity index (χ2v) is 9.04. The molecule has 0 saturated carbocycles. The Morgan fingerprint density at radius 3 is 2.58 bits per heavy atom. The summed E-state index contributed by atoms with van der Waals surface area (Å²) < 4.78 is 16.6. The van der Waals surface area contributed by atoms with Crippen LogP contribution in [-0.4, -0.2) is 38.5 Å². The molecular weight excluding hydrogens is 485 g/mol. The molecule has 1 fully saturated rings. The van der Waals surface area contributed by atoms with Crippen molar-refractivity contribution in [1.29, 1.82) is 0 Å². The van der Waals surface area contributed by atoms with Gasteiger partial charge in [0.25, 0.3) is 5.91 Å². The number of carbonyl (C=O) groups is 1. The normalized spacial score (nSPS) is 14.5. The molecule has 8 heteroatoms. The molecule has 0 spiro atoms. The van der Waals surface area contributed by atoms with Gasteiger partial charge in [0.05, 0.1) is 10.7 Å². The first-order valence-electron chi connectivity index (χ1n) is 11.0. The van der Waals surface area contributed by atoms with Crippen molar-refractivity contribution in [2.75, 3.05) is 18.4 Å². The fraction of sp³-hybridized carbons (Fsp3) is 0.240. The highest BCUT2D eigenvalue weighted by Gasteiger charge is 2.27. The maximum atomic E-state index is 14.2. The van der Waals surface area contributed by atoms with E-state index >= 15 is 0 Å². The van der Waals surface area contributed by atoms with Crippen molar-refractivity contribution < 1.29 is 9.18 Å². The van der Waals surface area contributed by atoms with Crippen molar-refractivity contribution in [3.8, 4) is 0 Å². The first-order valence-corrected chi connectivity index (χ1v) is 11.8. The summed E-state index contributed by atoms with van der Waals surface area (Å²) in [7, 11) is 0. The minimum atomic E-state index is -0.172. The van der Waals surface area contributed by atoms with E-state index in [9.17, 15) is 9.18 Å². The fourth-order valence-electron chi connectivity index (χ4n) is 4.32. The lowest BCUT2D eigenvalue weighted by Gasteiger charge is -2.32. The maximum Gasteiger partial charge on any atom is 0.272 e. The Kier molecular flexibility index (Phi) is 6.09. The lowest BCUT2D eigenvalue weighted by Crippen LogP contribution is -2.38. The van der Waals surface area contributed by atoms with Crippen LogP contribution in [0.25, 0.3) is 5.65 Å². The van der Waals surface area contributed by atoms with Crippen LogP contribution in [0.4, 0.5) is 10.2 Å². The minimum absolute atomic E-state index is 0.123. The van der Waals surface area contributed by atoms with Crippen LogP contribution in [0.3, 0.4) is 0 Å². The van der Waals surface area contributed by atoms with Crippen LogP contribution in [0.1, 0.15) is 40.4 Å². The Morgan fingerprint density at radius 1 is 1.09 bits per heavy atom. The van der Waals surface area contributed by atoms with E-state index in [1.54, 1.807) is 27.7 Å². The van der Waals surface area contributed by atoms with Crippen molar-refractivity contribution in [2.24, 2.45) is 0 Å². The number of halogens is 2. The molecule has 1 aliphatic rings. The zero-order valence-electron chi connectivity index (χ0n) is 17.9. The van der Waals surface area contributed by atoms with Crippen LogP contribution in [0, 0.1) is 5.82 Å². The Labute approximate surface area is 199 Å². The highest BCUT2D eigenvalue weighted by molar-refractivity contribution is 9.10. The van der Waals surface area contributed by atoms with Crippen molar-refractivity contribution in [2.45, 2.75) is 25.3 Å². The van der Waals surface area contributed by atoms with E-state index in [1.165, 1.54) is 6.07 Å². The molecule has 1 amide bonds. The number of nitrogens with zero attached hydrogens (tertiary/aromatic N) is 4. The molecule has 0 unspecified atom stereocenters. The molecule has 2 aromatic carbocycles. The number of likely N-dealkylation sites (tertiary alicyclic amines) is 1. The molecule has 33 heavy (non-hydrogen) atoms. The summed E-state index contributed by atoms with van der Waals surface area (Å²) in [6.07, 6.45) is 3.12. The van der Waals surface area contributed by atoms with Crippen LogP contribution in [0.2, 0.25) is 0 Å². The van der Waals surface area contributed by atoms with Crippen LogP contribution < -0.4 is 5.32 Å². The van der Waals surface area contributed by atoms with Gasteiger partial charge in [0.2, 0.25) is 0 Å². The summed E-state index contributed by atoms with van der Waals surface area (Å²) in [5.74, 6) is 0.520. The zero-order valence-corrected chi connectivity index (χ0v) is 19.5. The summed E-state index contributed by atoms with van der Waals surface area (Å²) >= 11 is 3.48. The van der Waals surface area contributed by atoms with Crippen LogP contribution in [0.5, 0.6) is 0 Å². The van der Waals surface area contributed by atoms with Crippen molar-refractivity contribution >= 4 is 33.3 Å². The molecule has 0 aliphatic carbocycles. The van der Waals surface area contributed by atoms with Gasteiger partial charge < -0.3 is 10.2 Å². The second kappa shape index (κ2) is 9.31. The highest BCUT2D eigenvalue weighted by atomic mass is 79.9. The Balaban J connectivity index is 1.35. The van der Waals surface area contributed by atoms with Gasteiger partial charge in [-0.25, -0.2) is 9.37 Å².